The van der Waals surface area contributed by atoms with Crippen molar-refractivity contribution >= 4 is 52.3 Å². The average Bonchev–Trinajstić information content (AvgIpc) is 2.65. The molecule has 3 rings (SSSR count). The van der Waals surface area contributed by atoms with E-state index < -0.39 is 11.8 Å². The van der Waals surface area contributed by atoms with Gasteiger partial charge in [0.1, 0.15) is 0 Å². The Bertz CT molecular complexity index is 758. The Balaban J connectivity index is 2.16. The molecular weight excluding hydrogens is 321 g/mol. The van der Waals surface area contributed by atoms with Crippen LogP contribution < -0.4 is 4.90 Å². The van der Waals surface area contributed by atoms with Crippen molar-refractivity contribution in [3.63, 3.8) is 0 Å². The van der Waals surface area contributed by atoms with Gasteiger partial charge in [0.25, 0.3) is 11.8 Å². The van der Waals surface area contributed by atoms with Gasteiger partial charge >= 0.3 is 0 Å². The van der Waals surface area contributed by atoms with Crippen LogP contribution in [-0.2, 0) is 0 Å². The first-order valence-corrected chi connectivity index (χ1v) is 6.76. The van der Waals surface area contributed by atoms with Gasteiger partial charge in [-0.05, 0) is 36.4 Å². The van der Waals surface area contributed by atoms with Crippen molar-refractivity contribution in [3.8, 4) is 0 Å². The molecule has 6 heteroatoms. The van der Waals surface area contributed by atoms with Crippen LogP contribution in [0, 0.1) is 0 Å². The second-order valence-corrected chi connectivity index (χ2v) is 5.51. The lowest BCUT2D eigenvalue weighted by Gasteiger charge is -2.15. The topological polar surface area (TPSA) is 37.4 Å². The Morgan fingerprint density at radius 2 is 1.35 bits per heavy atom. The third-order valence-electron chi connectivity index (χ3n) is 3.00. The van der Waals surface area contributed by atoms with Crippen LogP contribution in [0.1, 0.15) is 20.7 Å². The van der Waals surface area contributed by atoms with Gasteiger partial charge in [0.05, 0.1) is 21.8 Å². The van der Waals surface area contributed by atoms with E-state index in [4.69, 9.17) is 34.8 Å². The van der Waals surface area contributed by atoms with E-state index in [-0.39, 0.29) is 16.3 Å². The number of anilines is 1. The van der Waals surface area contributed by atoms with Gasteiger partial charge in [-0.2, -0.15) is 0 Å². The molecule has 0 aromatic heterocycles. The van der Waals surface area contributed by atoms with E-state index >= 15 is 0 Å². The number of imide groups is 1. The predicted molar refractivity (Wildman–Crippen MR) is 79.1 cm³/mol. The van der Waals surface area contributed by atoms with Gasteiger partial charge in [0, 0.05) is 10.0 Å². The molecule has 2 amide bonds. The van der Waals surface area contributed by atoms with Crippen LogP contribution >= 0.6 is 34.8 Å². The highest BCUT2D eigenvalue weighted by Crippen LogP contribution is 2.35. The number of fused-ring (bicyclic) bond motifs is 1. The molecule has 100 valence electrons. The van der Waals surface area contributed by atoms with Crippen molar-refractivity contribution in [2.24, 2.45) is 0 Å². The fourth-order valence-electron chi connectivity index (χ4n) is 2.09. The molecule has 0 atom stereocenters. The molecule has 0 aliphatic carbocycles. The molecule has 0 saturated carbocycles. The van der Waals surface area contributed by atoms with Crippen molar-refractivity contribution in [2.75, 3.05) is 4.90 Å². The first-order chi connectivity index (χ1) is 9.49. The number of benzene rings is 2. The number of halogens is 3. The molecule has 0 N–H and O–H groups in total. The summed E-state index contributed by atoms with van der Waals surface area (Å²) < 4.78 is 0. The monoisotopic (exact) mass is 325 g/mol. The van der Waals surface area contributed by atoms with Crippen LogP contribution in [0.25, 0.3) is 0 Å². The van der Waals surface area contributed by atoms with Crippen LogP contribution in [0.3, 0.4) is 0 Å². The summed E-state index contributed by atoms with van der Waals surface area (Å²) in [6, 6.07) is 9.16. The lowest BCUT2D eigenvalue weighted by atomic mass is 10.1. The molecule has 2 aromatic carbocycles. The maximum atomic E-state index is 12.4. The standard InChI is InChI=1S/C14H6Cl3NO2/c15-7-1-3-9-10(5-7)14(20)18(13(9)19)12-6-8(16)2-4-11(12)17/h1-6H. The lowest BCUT2D eigenvalue weighted by Crippen LogP contribution is -2.29. The van der Waals surface area contributed by atoms with Crippen molar-refractivity contribution in [2.45, 2.75) is 0 Å². The van der Waals surface area contributed by atoms with E-state index in [2.05, 4.69) is 0 Å². The summed E-state index contributed by atoms with van der Waals surface area (Å²) in [4.78, 5) is 25.7. The smallest absolute Gasteiger partial charge is 0.266 e. The molecule has 1 aliphatic rings. The normalized spacial score (nSPS) is 13.8. The molecule has 0 radical (unpaired) electrons. The zero-order valence-electron chi connectivity index (χ0n) is 9.86. The minimum absolute atomic E-state index is 0.263. The number of rotatable bonds is 1. The highest BCUT2D eigenvalue weighted by Gasteiger charge is 2.37. The largest absolute Gasteiger partial charge is 0.268 e. The number of amides is 2. The van der Waals surface area contributed by atoms with Gasteiger partial charge in [0.15, 0.2) is 0 Å². The Hall–Kier alpha value is -1.55. The van der Waals surface area contributed by atoms with E-state index in [0.717, 1.165) is 4.90 Å². The number of nitrogens with zero attached hydrogens (tertiary/aromatic N) is 1. The molecule has 1 heterocycles. The lowest BCUT2D eigenvalue weighted by molar-refractivity contribution is 0.0926. The maximum Gasteiger partial charge on any atom is 0.266 e. The van der Waals surface area contributed by atoms with Gasteiger partial charge < -0.3 is 0 Å². The van der Waals surface area contributed by atoms with Crippen LogP contribution in [0.5, 0.6) is 0 Å². The second-order valence-electron chi connectivity index (χ2n) is 4.23. The zero-order valence-corrected chi connectivity index (χ0v) is 12.1. The van der Waals surface area contributed by atoms with Gasteiger partial charge in [-0.1, -0.05) is 34.8 Å². The van der Waals surface area contributed by atoms with E-state index in [0.29, 0.717) is 15.6 Å². The summed E-state index contributed by atoms with van der Waals surface area (Å²) in [5, 5.41) is 1.05. The molecule has 0 spiro atoms. The molecule has 0 saturated heterocycles. The molecule has 2 aromatic rings. The van der Waals surface area contributed by atoms with E-state index in [1.165, 1.54) is 24.3 Å². The third kappa shape index (κ3) is 1.99. The van der Waals surface area contributed by atoms with Crippen LogP contribution in [0.15, 0.2) is 36.4 Å². The van der Waals surface area contributed by atoms with Crippen molar-refractivity contribution < 1.29 is 9.59 Å². The fraction of sp³-hybridized carbons (Fsp3) is 0. The fourth-order valence-corrected chi connectivity index (χ4v) is 2.63. The molecule has 3 nitrogen and oxygen atoms in total. The molecule has 0 unspecified atom stereocenters. The maximum absolute atomic E-state index is 12.4. The number of hydrogen-bond donors (Lipinski definition) is 0. The summed E-state index contributed by atoms with van der Waals surface area (Å²) in [5.41, 5.74) is 0.829. The van der Waals surface area contributed by atoms with Crippen molar-refractivity contribution in [3.05, 3.63) is 62.6 Å². The third-order valence-corrected chi connectivity index (χ3v) is 3.79. The average molecular weight is 327 g/mol. The Kier molecular flexibility index (Phi) is 3.21. The van der Waals surface area contributed by atoms with Gasteiger partial charge in [-0.15, -0.1) is 0 Å². The van der Waals surface area contributed by atoms with E-state index in [1.54, 1.807) is 12.1 Å². The predicted octanol–water partition coefficient (Wildman–Crippen LogP) is 4.45. The van der Waals surface area contributed by atoms with Gasteiger partial charge in [-0.3, -0.25) is 9.59 Å². The first-order valence-electron chi connectivity index (χ1n) is 5.62. The highest BCUT2D eigenvalue weighted by molar-refractivity contribution is 6.41. The summed E-state index contributed by atoms with van der Waals surface area (Å²) in [7, 11) is 0. The molecule has 1 aliphatic heterocycles. The highest BCUT2D eigenvalue weighted by atomic mass is 35.5. The van der Waals surface area contributed by atoms with Crippen LogP contribution in [-0.4, -0.2) is 11.8 Å². The quantitative estimate of drug-likeness (QED) is 0.726. The minimum Gasteiger partial charge on any atom is -0.268 e. The van der Waals surface area contributed by atoms with Gasteiger partial charge in [0.2, 0.25) is 0 Å². The first kappa shape index (κ1) is 13.4. The van der Waals surface area contributed by atoms with E-state index in [1.807, 2.05) is 0 Å². The SMILES string of the molecule is O=C1c2ccc(Cl)cc2C(=O)N1c1cc(Cl)ccc1Cl. The van der Waals surface area contributed by atoms with E-state index in [9.17, 15) is 9.59 Å². The number of hydrogen-bond acceptors (Lipinski definition) is 2. The summed E-state index contributed by atoms with van der Waals surface area (Å²) in [6.07, 6.45) is 0. The van der Waals surface area contributed by atoms with Crippen LogP contribution in [0.4, 0.5) is 5.69 Å². The second kappa shape index (κ2) is 4.77. The molecule has 0 bridgehead atoms. The number of carbonyl (C=O) groups excluding carboxylic acids is 2. The summed E-state index contributed by atoms with van der Waals surface area (Å²) in [6.45, 7) is 0. The van der Waals surface area contributed by atoms with Crippen molar-refractivity contribution in [1.82, 2.24) is 0 Å². The Labute approximate surface area is 129 Å². The number of carbonyl (C=O) groups is 2. The molecule has 0 fully saturated rings. The molecular formula is C14H6Cl3NO2. The van der Waals surface area contributed by atoms with Crippen LogP contribution in [0.2, 0.25) is 15.1 Å². The zero-order chi connectivity index (χ0) is 14.4. The minimum atomic E-state index is -0.461. The summed E-state index contributed by atoms with van der Waals surface area (Å²) in [5.74, 6) is -0.900. The van der Waals surface area contributed by atoms with Gasteiger partial charge in [-0.25, -0.2) is 4.90 Å². The van der Waals surface area contributed by atoms with Crippen molar-refractivity contribution in [1.29, 1.82) is 0 Å². The Morgan fingerprint density at radius 1 is 0.750 bits per heavy atom. The summed E-state index contributed by atoms with van der Waals surface area (Å²) >= 11 is 17.8. The molecule has 20 heavy (non-hydrogen) atoms. The Morgan fingerprint density at radius 3 is 2.10 bits per heavy atom.